The molecule has 0 spiro atoms. The van der Waals surface area contributed by atoms with Crippen LogP contribution in [0.4, 0.5) is 5.69 Å². The van der Waals surface area contributed by atoms with Crippen molar-refractivity contribution in [1.29, 1.82) is 0 Å². The lowest BCUT2D eigenvalue weighted by atomic mass is 10.1. The number of hydrogen-bond acceptors (Lipinski definition) is 5. The molecule has 0 radical (unpaired) electrons. The second-order valence-electron chi connectivity index (χ2n) is 4.63. The number of rotatable bonds is 6. The molecule has 0 aliphatic heterocycles. The topological polar surface area (TPSA) is 92.8 Å². The van der Waals surface area contributed by atoms with E-state index in [2.05, 4.69) is 0 Å². The van der Waals surface area contributed by atoms with Crippen LogP contribution in [0.1, 0.15) is 10.8 Å². The highest BCUT2D eigenvalue weighted by Crippen LogP contribution is 2.40. The quantitative estimate of drug-likeness (QED) is 0.560. The first-order valence-corrected chi connectivity index (χ1v) is 7.47. The summed E-state index contributed by atoms with van der Waals surface area (Å²) in [6.07, 6.45) is -1.54. The maximum atomic E-state index is 11.2. The van der Waals surface area contributed by atoms with Crippen LogP contribution in [-0.4, -0.2) is 29.4 Å². The molecule has 2 aromatic rings. The van der Waals surface area contributed by atoms with Gasteiger partial charge in [0.25, 0.3) is 0 Å². The highest BCUT2D eigenvalue weighted by Gasteiger charge is 2.28. The number of aliphatic hydroxyl groups is 1. The Kier molecular flexibility index (Phi) is 5.30. The minimum Gasteiger partial charge on any atom is -0.497 e. The minimum absolute atomic E-state index is 0.545. The fourth-order valence-electron chi connectivity index (χ4n) is 1.96. The van der Waals surface area contributed by atoms with Crippen molar-refractivity contribution in [2.75, 3.05) is 12.8 Å². The van der Waals surface area contributed by atoms with Gasteiger partial charge in [-0.25, -0.2) is 4.79 Å². The lowest BCUT2D eigenvalue weighted by Gasteiger charge is -2.21. The van der Waals surface area contributed by atoms with E-state index in [1.54, 1.807) is 49.6 Å². The highest BCUT2D eigenvalue weighted by atomic mass is 32.2. The summed E-state index contributed by atoms with van der Waals surface area (Å²) in [6.45, 7) is 0. The molecule has 0 aromatic heterocycles. The maximum absolute atomic E-state index is 11.2. The predicted molar refractivity (Wildman–Crippen MR) is 86.1 cm³/mol. The lowest BCUT2D eigenvalue weighted by Crippen LogP contribution is -2.26. The van der Waals surface area contributed by atoms with Gasteiger partial charge in [0, 0.05) is 10.6 Å². The first-order valence-electron chi connectivity index (χ1n) is 6.59. The summed E-state index contributed by atoms with van der Waals surface area (Å²) in [6, 6.07) is 14.1. The van der Waals surface area contributed by atoms with Crippen molar-refractivity contribution in [2.24, 2.45) is 0 Å². The Bertz CT molecular complexity index is 645. The van der Waals surface area contributed by atoms with Crippen LogP contribution in [0, 0.1) is 0 Å². The molecule has 5 nitrogen and oxygen atoms in total. The van der Waals surface area contributed by atoms with Crippen LogP contribution in [0.2, 0.25) is 0 Å². The number of nitrogens with two attached hydrogens (primary N) is 1. The van der Waals surface area contributed by atoms with Crippen LogP contribution in [-0.2, 0) is 4.79 Å². The van der Waals surface area contributed by atoms with E-state index in [-0.39, 0.29) is 0 Å². The van der Waals surface area contributed by atoms with Crippen LogP contribution < -0.4 is 10.5 Å². The number of thioether (sulfide) groups is 1. The van der Waals surface area contributed by atoms with Crippen molar-refractivity contribution >= 4 is 23.4 Å². The number of anilines is 1. The number of benzene rings is 2. The Morgan fingerprint density at radius 3 is 2.36 bits per heavy atom. The van der Waals surface area contributed by atoms with Crippen LogP contribution in [0.25, 0.3) is 0 Å². The first kappa shape index (κ1) is 16.2. The molecule has 0 unspecified atom stereocenters. The summed E-state index contributed by atoms with van der Waals surface area (Å²) in [5.41, 5.74) is 7.13. The SMILES string of the molecule is COc1ccc([C@@H](Sc2ccccc2N)[C@H](O)C(=O)O)cc1. The number of para-hydroxylation sites is 1. The number of hydrogen-bond donors (Lipinski definition) is 3. The van der Waals surface area contributed by atoms with Crippen molar-refractivity contribution in [1.82, 2.24) is 0 Å². The smallest absolute Gasteiger partial charge is 0.334 e. The molecule has 2 rings (SSSR count). The van der Waals surface area contributed by atoms with Gasteiger partial charge >= 0.3 is 5.97 Å². The third-order valence-corrected chi connectivity index (χ3v) is 4.57. The lowest BCUT2D eigenvalue weighted by molar-refractivity contribution is -0.146. The van der Waals surface area contributed by atoms with E-state index in [9.17, 15) is 9.90 Å². The van der Waals surface area contributed by atoms with Crippen LogP contribution in [0.15, 0.2) is 53.4 Å². The second kappa shape index (κ2) is 7.20. The summed E-state index contributed by atoms with van der Waals surface area (Å²) in [5, 5.41) is 18.5. The average Bonchev–Trinajstić information content (AvgIpc) is 2.53. The van der Waals surface area contributed by atoms with Gasteiger partial charge in [0.05, 0.1) is 12.4 Å². The van der Waals surface area contributed by atoms with E-state index in [0.29, 0.717) is 17.0 Å². The van der Waals surface area contributed by atoms with E-state index in [1.807, 2.05) is 6.07 Å². The molecule has 0 aliphatic rings. The largest absolute Gasteiger partial charge is 0.497 e. The maximum Gasteiger partial charge on any atom is 0.334 e. The summed E-state index contributed by atoms with van der Waals surface area (Å²) >= 11 is 1.22. The number of aliphatic carboxylic acids is 1. The van der Waals surface area contributed by atoms with Gasteiger partial charge in [-0.1, -0.05) is 24.3 Å². The number of carboxylic acids is 1. The van der Waals surface area contributed by atoms with Crippen molar-refractivity contribution in [3.63, 3.8) is 0 Å². The van der Waals surface area contributed by atoms with Crippen molar-refractivity contribution < 1.29 is 19.7 Å². The zero-order valence-corrected chi connectivity index (χ0v) is 12.8. The van der Waals surface area contributed by atoms with Crippen molar-refractivity contribution in [3.05, 3.63) is 54.1 Å². The molecule has 0 saturated carbocycles. The third kappa shape index (κ3) is 3.72. The first-order chi connectivity index (χ1) is 10.5. The molecule has 4 N–H and O–H groups in total. The Morgan fingerprint density at radius 2 is 1.82 bits per heavy atom. The second-order valence-corrected chi connectivity index (χ2v) is 5.82. The van der Waals surface area contributed by atoms with Gasteiger partial charge in [0.1, 0.15) is 5.75 Å². The van der Waals surface area contributed by atoms with Crippen LogP contribution >= 0.6 is 11.8 Å². The number of nitrogen functional groups attached to an aromatic ring is 1. The molecule has 0 amide bonds. The summed E-state index contributed by atoms with van der Waals surface area (Å²) in [4.78, 5) is 11.9. The minimum atomic E-state index is -1.54. The molecule has 0 bridgehead atoms. The van der Waals surface area contributed by atoms with Crippen LogP contribution in [0.5, 0.6) is 5.75 Å². The zero-order valence-electron chi connectivity index (χ0n) is 12.0. The number of carbonyl (C=O) groups is 1. The highest BCUT2D eigenvalue weighted by molar-refractivity contribution is 7.99. The van der Waals surface area contributed by atoms with Gasteiger partial charge in [0.2, 0.25) is 0 Å². The van der Waals surface area contributed by atoms with E-state index < -0.39 is 17.3 Å². The molecule has 116 valence electrons. The van der Waals surface area contributed by atoms with E-state index in [4.69, 9.17) is 15.6 Å². The molecule has 2 atom stereocenters. The van der Waals surface area contributed by atoms with Gasteiger partial charge in [0.15, 0.2) is 6.10 Å². The summed E-state index contributed by atoms with van der Waals surface area (Å²) < 4.78 is 5.09. The fraction of sp³-hybridized carbons (Fsp3) is 0.188. The number of ether oxygens (including phenoxy) is 1. The molecule has 0 fully saturated rings. The number of carboxylic acid groups (broad SMARTS) is 1. The zero-order chi connectivity index (χ0) is 16.1. The van der Waals surface area contributed by atoms with E-state index in [0.717, 1.165) is 4.90 Å². The number of methoxy groups -OCH3 is 1. The Balaban J connectivity index is 2.33. The molecule has 22 heavy (non-hydrogen) atoms. The van der Waals surface area contributed by atoms with E-state index in [1.165, 1.54) is 11.8 Å². The Hall–Kier alpha value is -2.18. The number of aliphatic hydroxyl groups excluding tert-OH is 1. The van der Waals surface area contributed by atoms with Crippen LogP contribution in [0.3, 0.4) is 0 Å². The standard InChI is InChI=1S/C16H17NO4S/c1-21-11-8-6-10(7-9-11)15(14(18)16(19)20)22-13-5-3-2-4-12(13)17/h2-9,14-15,18H,17H2,1H3,(H,19,20)/t14-,15+/m0/s1. The average molecular weight is 319 g/mol. The molecule has 0 heterocycles. The molecular weight excluding hydrogens is 302 g/mol. The van der Waals surface area contributed by atoms with Gasteiger partial charge < -0.3 is 20.7 Å². The Morgan fingerprint density at radius 1 is 1.18 bits per heavy atom. The molecular formula is C16H17NO4S. The summed E-state index contributed by atoms with van der Waals surface area (Å²) in [5.74, 6) is -0.612. The predicted octanol–water partition coefficient (Wildman–Crippen LogP) is 2.56. The summed E-state index contributed by atoms with van der Waals surface area (Å²) in [7, 11) is 1.55. The molecule has 6 heteroatoms. The van der Waals surface area contributed by atoms with Crippen molar-refractivity contribution in [2.45, 2.75) is 16.2 Å². The van der Waals surface area contributed by atoms with Gasteiger partial charge in [-0.3, -0.25) is 0 Å². The van der Waals surface area contributed by atoms with Gasteiger partial charge in [-0.15, -0.1) is 11.8 Å². The third-order valence-electron chi connectivity index (χ3n) is 3.16. The molecule has 2 aromatic carbocycles. The van der Waals surface area contributed by atoms with Crippen molar-refractivity contribution in [3.8, 4) is 5.75 Å². The van der Waals surface area contributed by atoms with Gasteiger partial charge in [-0.05, 0) is 29.8 Å². The van der Waals surface area contributed by atoms with E-state index >= 15 is 0 Å². The molecule has 0 saturated heterocycles. The fourth-order valence-corrected chi connectivity index (χ4v) is 3.14. The normalized spacial score (nSPS) is 13.4. The monoisotopic (exact) mass is 319 g/mol. The Labute approximate surface area is 132 Å². The van der Waals surface area contributed by atoms with Gasteiger partial charge in [-0.2, -0.15) is 0 Å². The molecule has 0 aliphatic carbocycles.